The van der Waals surface area contributed by atoms with Crippen molar-refractivity contribution < 1.29 is 9.53 Å². The van der Waals surface area contributed by atoms with Crippen LogP contribution in [0.5, 0.6) is 0 Å². The van der Waals surface area contributed by atoms with Crippen molar-refractivity contribution in [3.63, 3.8) is 0 Å². The van der Waals surface area contributed by atoms with Crippen molar-refractivity contribution in [2.24, 2.45) is 5.73 Å². The molecule has 0 aromatic heterocycles. The number of nitrogens with two attached hydrogens (primary N) is 1. The standard InChI is InChI=1S/C15H25N3O2/c1-12(18(2)9-4-10-20-3)15(19)17-14-7-5-13(11-16)6-8-14/h5-8,12H,4,9-11,16H2,1-3H3,(H,17,19). The Kier molecular flexibility index (Phi) is 7.22. The number of likely N-dealkylation sites (N-methyl/N-ethyl adjacent to an activating group) is 1. The molecule has 1 rings (SSSR count). The quantitative estimate of drug-likeness (QED) is 0.707. The molecule has 0 spiro atoms. The van der Waals surface area contributed by atoms with Gasteiger partial charge in [-0.1, -0.05) is 12.1 Å². The average molecular weight is 279 g/mol. The summed E-state index contributed by atoms with van der Waals surface area (Å²) < 4.78 is 5.01. The van der Waals surface area contributed by atoms with Crippen molar-refractivity contribution in [2.75, 3.05) is 32.6 Å². The summed E-state index contributed by atoms with van der Waals surface area (Å²) in [7, 11) is 3.62. The second-order valence-electron chi connectivity index (χ2n) is 4.89. The van der Waals surface area contributed by atoms with Gasteiger partial charge >= 0.3 is 0 Å². The maximum absolute atomic E-state index is 12.1. The Morgan fingerprint density at radius 3 is 2.60 bits per heavy atom. The lowest BCUT2D eigenvalue weighted by atomic mass is 10.2. The van der Waals surface area contributed by atoms with Gasteiger partial charge in [0.05, 0.1) is 6.04 Å². The number of rotatable bonds is 8. The molecule has 5 nitrogen and oxygen atoms in total. The molecule has 0 bridgehead atoms. The number of anilines is 1. The number of carbonyl (C=O) groups excluding carboxylic acids is 1. The highest BCUT2D eigenvalue weighted by atomic mass is 16.5. The van der Waals surface area contributed by atoms with E-state index in [9.17, 15) is 4.79 Å². The number of ether oxygens (including phenoxy) is 1. The SMILES string of the molecule is COCCCN(C)C(C)C(=O)Nc1ccc(CN)cc1. The molecule has 0 aliphatic heterocycles. The van der Waals surface area contributed by atoms with E-state index >= 15 is 0 Å². The van der Waals surface area contributed by atoms with Crippen LogP contribution in [0.3, 0.4) is 0 Å². The van der Waals surface area contributed by atoms with Crippen molar-refractivity contribution in [2.45, 2.75) is 25.9 Å². The summed E-state index contributed by atoms with van der Waals surface area (Å²) >= 11 is 0. The first-order chi connectivity index (χ1) is 9.58. The average Bonchev–Trinajstić information content (AvgIpc) is 2.47. The van der Waals surface area contributed by atoms with Crippen molar-refractivity contribution >= 4 is 11.6 Å². The van der Waals surface area contributed by atoms with E-state index in [0.717, 1.165) is 24.2 Å². The van der Waals surface area contributed by atoms with Crippen molar-refractivity contribution in [3.8, 4) is 0 Å². The Labute approximate surface area is 121 Å². The van der Waals surface area contributed by atoms with Crippen molar-refractivity contribution in [1.82, 2.24) is 4.90 Å². The second kappa shape index (κ2) is 8.68. The smallest absolute Gasteiger partial charge is 0.241 e. The molecule has 1 amide bonds. The molecule has 0 saturated carbocycles. The lowest BCUT2D eigenvalue weighted by molar-refractivity contribution is -0.120. The highest BCUT2D eigenvalue weighted by molar-refractivity contribution is 5.94. The zero-order chi connectivity index (χ0) is 15.0. The zero-order valence-electron chi connectivity index (χ0n) is 12.6. The van der Waals surface area contributed by atoms with Gasteiger partial charge in [0.25, 0.3) is 0 Å². The van der Waals surface area contributed by atoms with E-state index in [-0.39, 0.29) is 11.9 Å². The number of carbonyl (C=O) groups is 1. The van der Waals surface area contributed by atoms with Gasteiger partial charge in [0.2, 0.25) is 5.91 Å². The van der Waals surface area contributed by atoms with Crippen LogP contribution in [0, 0.1) is 0 Å². The van der Waals surface area contributed by atoms with Crippen molar-refractivity contribution in [1.29, 1.82) is 0 Å². The van der Waals surface area contributed by atoms with Crippen LogP contribution in [0.4, 0.5) is 5.69 Å². The minimum absolute atomic E-state index is 0.00887. The summed E-state index contributed by atoms with van der Waals surface area (Å²) in [6, 6.07) is 7.40. The predicted molar refractivity (Wildman–Crippen MR) is 81.5 cm³/mol. The summed E-state index contributed by atoms with van der Waals surface area (Å²) in [4.78, 5) is 14.1. The van der Waals surface area contributed by atoms with Crippen LogP contribution in [0.15, 0.2) is 24.3 Å². The highest BCUT2D eigenvalue weighted by Crippen LogP contribution is 2.10. The molecule has 0 aliphatic rings. The fourth-order valence-electron chi connectivity index (χ4n) is 1.82. The zero-order valence-corrected chi connectivity index (χ0v) is 12.6. The van der Waals surface area contributed by atoms with Gasteiger partial charge in [-0.25, -0.2) is 0 Å². The number of hydrogen-bond acceptors (Lipinski definition) is 4. The van der Waals surface area contributed by atoms with Crippen LogP contribution < -0.4 is 11.1 Å². The first-order valence-corrected chi connectivity index (χ1v) is 6.87. The first kappa shape index (κ1) is 16.6. The van der Waals surface area contributed by atoms with E-state index in [1.54, 1.807) is 7.11 Å². The van der Waals surface area contributed by atoms with Crippen LogP contribution >= 0.6 is 0 Å². The van der Waals surface area contributed by atoms with Gasteiger partial charge < -0.3 is 15.8 Å². The maximum Gasteiger partial charge on any atom is 0.241 e. The van der Waals surface area contributed by atoms with Gasteiger partial charge in [0.1, 0.15) is 0 Å². The Bertz CT molecular complexity index is 406. The molecule has 5 heteroatoms. The van der Waals surface area contributed by atoms with E-state index in [1.165, 1.54) is 0 Å². The normalized spacial score (nSPS) is 12.4. The fourth-order valence-corrected chi connectivity index (χ4v) is 1.82. The number of methoxy groups -OCH3 is 1. The van der Waals surface area contributed by atoms with E-state index in [1.807, 2.05) is 43.1 Å². The maximum atomic E-state index is 12.1. The van der Waals surface area contributed by atoms with Crippen LogP contribution in [0.25, 0.3) is 0 Å². The largest absolute Gasteiger partial charge is 0.385 e. The molecule has 1 unspecified atom stereocenters. The molecule has 0 saturated heterocycles. The minimum Gasteiger partial charge on any atom is -0.385 e. The third kappa shape index (κ3) is 5.28. The number of amides is 1. The van der Waals surface area contributed by atoms with E-state index in [4.69, 9.17) is 10.5 Å². The third-order valence-electron chi connectivity index (χ3n) is 3.36. The molecule has 0 radical (unpaired) electrons. The van der Waals surface area contributed by atoms with Gasteiger partial charge in [-0.05, 0) is 38.1 Å². The lowest BCUT2D eigenvalue weighted by Crippen LogP contribution is -2.40. The summed E-state index contributed by atoms with van der Waals surface area (Å²) in [5.74, 6) is -0.00887. The second-order valence-corrected chi connectivity index (χ2v) is 4.89. The molecule has 3 N–H and O–H groups in total. The fraction of sp³-hybridized carbons (Fsp3) is 0.533. The minimum atomic E-state index is -0.180. The van der Waals surface area contributed by atoms with Gasteiger partial charge in [0, 0.05) is 32.5 Å². The summed E-state index contributed by atoms with van der Waals surface area (Å²) in [5.41, 5.74) is 7.39. The monoisotopic (exact) mass is 279 g/mol. The molecule has 0 fully saturated rings. The summed E-state index contributed by atoms with van der Waals surface area (Å²) in [6.07, 6.45) is 0.913. The molecule has 0 aliphatic carbocycles. The van der Waals surface area contributed by atoms with Crippen LogP contribution in [0.2, 0.25) is 0 Å². The Hall–Kier alpha value is -1.43. The van der Waals surface area contributed by atoms with Gasteiger partial charge in [-0.15, -0.1) is 0 Å². The highest BCUT2D eigenvalue weighted by Gasteiger charge is 2.17. The first-order valence-electron chi connectivity index (χ1n) is 6.87. The number of nitrogens with zero attached hydrogens (tertiary/aromatic N) is 1. The van der Waals surface area contributed by atoms with E-state index in [0.29, 0.717) is 13.2 Å². The predicted octanol–water partition coefficient (Wildman–Crippen LogP) is 1.44. The summed E-state index contributed by atoms with van der Waals surface area (Å²) in [6.45, 7) is 3.94. The van der Waals surface area contributed by atoms with Crippen LogP contribution in [-0.2, 0) is 16.1 Å². The molecule has 1 atom stereocenters. The molecule has 112 valence electrons. The van der Waals surface area contributed by atoms with Crippen LogP contribution in [-0.4, -0.2) is 44.2 Å². The van der Waals surface area contributed by atoms with Crippen LogP contribution in [0.1, 0.15) is 18.9 Å². The molecular weight excluding hydrogens is 254 g/mol. The van der Waals surface area contributed by atoms with E-state index < -0.39 is 0 Å². The van der Waals surface area contributed by atoms with Gasteiger partial charge in [0.15, 0.2) is 0 Å². The Balaban J connectivity index is 2.47. The number of benzene rings is 1. The molecule has 20 heavy (non-hydrogen) atoms. The van der Waals surface area contributed by atoms with E-state index in [2.05, 4.69) is 5.32 Å². The van der Waals surface area contributed by atoms with Gasteiger partial charge in [-0.2, -0.15) is 0 Å². The third-order valence-corrected chi connectivity index (χ3v) is 3.36. The number of nitrogens with one attached hydrogen (secondary N) is 1. The van der Waals surface area contributed by atoms with Gasteiger partial charge in [-0.3, -0.25) is 9.69 Å². The summed E-state index contributed by atoms with van der Waals surface area (Å²) in [5, 5.41) is 2.91. The van der Waals surface area contributed by atoms with Crippen molar-refractivity contribution in [3.05, 3.63) is 29.8 Å². The Morgan fingerprint density at radius 2 is 2.05 bits per heavy atom. The topological polar surface area (TPSA) is 67.6 Å². The Morgan fingerprint density at radius 1 is 1.40 bits per heavy atom. The molecule has 1 aromatic rings. The molecular formula is C15H25N3O2. The lowest BCUT2D eigenvalue weighted by Gasteiger charge is -2.23. The molecule has 1 aromatic carbocycles. The number of hydrogen-bond donors (Lipinski definition) is 2. The molecule has 0 heterocycles.